The summed E-state index contributed by atoms with van der Waals surface area (Å²) in [6.07, 6.45) is 0. The number of carbonyl (C=O) groups is 2. The topological polar surface area (TPSA) is 66.4 Å². The molecule has 18 heavy (non-hydrogen) atoms. The van der Waals surface area contributed by atoms with Gasteiger partial charge in [0, 0.05) is 10.2 Å². The molecule has 6 heteroatoms. The van der Waals surface area contributed by atoms with Gasteiger partial charge >= 0.3 is 5.97 Å². The molecule has 0 aliphatic rings. The molecule has 0 fully saturated rings. The SMILES string of the molecule is O=C(O)c1ccc(C(=O)Nc2cccc(Br)c2)s1. The van der Waals surface area contributed by atoms with Crippen LogP contribution in [0.4, 0.5) is 5.69 Å². The van der Waals surface area contributed by atoms with Crippen molar-refractivity contribution < 1.29 is 14.7 Å². The first-order valence-corrected chi connectivity index (χ1v) is 6.57. The van der Waals surface area contributed by atoms with Gasteiger partial charge in [0.1, 0.15) is 4.88 Å². The number of aromatic carboxylic acids is 1. The standard InChI is InChI=1S/C12H8BrNO3S/c13-7-2-1-3-8(6-7)14-11(15)9-4-5-10(18-9)12(16)17/h1-6H,(H,14,15)(H,16,17). The molecular formula is C12H8BrNO3S. The monoisotopic (exact) mass is 325 g/mol. The van der Waals surface area contributed by atoms with Gasteiger partial charge in [0.2, 0.25) is 0 Å². The van der Waals surface area contributed by atoms with E-state index in [4.69, 9.17) is 5.11 Å². The smallest absolute Gasteiger partial charge is 0.345 e. The zero-order valence-corrected chi connectivity index (χ0v) is 11.4. The summed E-state index contributed by atoms with van der Waals surface area (Å²) in [5.74, 6) is -1.34. The molecule has 0 radical (unpaired) electrons. The van der Waals surface area contributed by atoms with Crippen molar-refractivity contribution in [3.05, 3.63) is 50.6 Å². The highest BCUT2D eigenvalue weighted by Gasteiger charge is 2.12. The van der Waals surface area contributed by atoms with Crippen LogP contribution in [0.1, 0.15) is 19.3 Å². The maximum Gasteiger partial charge on any atom is 0.345 e. The summed E-state index contributed by atoms with van der Waals surface area (Å²) < 4.78 is 0.859. The van der Waals surface area contributed by atoms with Gasteiger partial charge in [-0.05, 0) is 30.3 Å². The molecule has 1 heterocycles. The van der Waals surface area contributed by atoms with E-state index < -0.39 is 5.97 Å². The van der Waals surface area contributed by atoms with Crippen LogP contribution in [0.25, 0.3) is 0 Å². The number of thiophene rings is 1. The summed E-state index contributed by atoms with van der Waals surface area (Å²) in [5.41, 5.74) is 0.652. The summed E-state index contributed by atoms with van der Waals surface area (Å²) in [5, 5.41) is 11.5. The van der Waals surface area contributed by atoms with Crippen molar-refractivity contribution in [3.8, 4) is 0 Å². The summed E-state index contributed by atoms with van der Waals surface area (Å²) in [6, 6.07) is 10.1. The number of benzene rings is 1. The Morgan fingerprint density at radius 1 is 1.17 bits per heavy atom. The number of hydrogen-bond acceptors (Lipinski definition) is 3. The number of hydrogen-bond donors (Lipinski definition) is 2. The Morgan fingerprint density at radius 3 is 2.50 bits per heavy atom. The molecule has 0 aliphatic heterocycles. The summed E-state index contributed by atoms with van der Waals surface area (Å²) in [7, 11) is 0. The lowest BCUT2D eigenvalue weighted by Gasteiger charge is -2.03. The van der Waals surface area contributed by atoms with E-state index in [0.717, 1.165) is 15.8 Å². The predicted octanol–water partition coefficient (Wildman–Crippen LogP) is 3.46. The zero-order valence-electron chi connectivity index (χ0n) is 9.01. The van der Waals surface area contributed by atoms with Crippen LogP contribution in [0.2, 0.25) is 0 Å². The molecule has 2 rings (SSSR count). The van der Waals surface area contributed by atoms with Crippen molar-refractivity contribution in [1.82, 2.24) is 0 Å². The number of halogens is 1. The molecular weight excluding hydrogens is 318 g/mol. The summed E-state index contributed by atoms with van der Waals surface area (Å²) >= 11 is 4.25. The molecule has 0 atom stereocenters. The third kappa shape index (κ3) is 2.96. The highest BCUT2D eigenvalue weighted by molar-refractivity contribution is 9.10. The van der Waals surface area contributed by atoms with Crippen LogP contribution in [0.3, 0.4) is 0 Å². The first kappa shape index (κ1) is 12.8. The predicted molar refractivity (Wildman–Crippen MR) is 73.4 cm³/mol. The molecule has 0 aliphatic carbocycles. The van der Waals surface area contributed by atoms with Crippen molar-refractivity contribution in [3.63, 3.8) is 0 Å². The molecule has 0 saturated carbocycles. The number of carboxylic acids is 1. The van der Waals surface area contributed by atoms with Crippen LogP contribution in [0.15, 0.2) is 40.9 Å². The number of nitrogens with one attached hydrogen (secondary N) is 1. The van der Waals surface area contributed by atoms with E-state index in [9.17, 15) is 9.59 Å². The lowest BCUT2D eigenvalue weighted by atomic mass is 10.3. The number of amides is 1. The average Bonchev–Trinajstić information content (AvgIpc) is 2.78. The number of rotatable bonds is 3. The fourth-order valence-electron chi connectivity index (χ4n) is 1.33. The van der Waals surface area contributed by atoms with Crippen LogP contribution in [-0.4, -0.2) is 17.0 Å². The molecule has 0 bridgehead atoms. The molecule has 0 spiro atoms. The summed E-state index contributed by atoms with van der Waals surface area (Å²) in [4.78, 5) is 23.1. The van der Waals surface area contributed by atoms with Gasteiger partial charge < -0.3 is 10.4 Å². The second kappa shape index (κ2) is 5.32. The van der Waals surface area contributed by atoms with Crippen molar-refractivity contribution in [2.75, 3.05) is 5.32 Å². The molecule has 1 amide bonds. The third-order valence-electron chi connectivity index (χ3n) is 2.12. The molecule has 92 valence electrons. The van der Waals surface area contributed by atoms with Gasteiger partial charge in [0.15, 0.2) is 0 Å². The minimum Gasteiger partial charge on any atom is -0.477 e. The maximum absolute atomic E-state index is 11.9. The van der Waals surface area contributed by atoms with Crippen molar-refractivity contribution in [2.24, 2.45) is 0 Å². The average molecular weight is 326 g/mol. The van der Waals surface area contributed by atoms with Crippen LogP contribution < -0.4 is 5.32 Å². The van der Waals surface area contributed by atoms with Gasteiger partial charge in [-0.3, -0.25) is 4.79 Å². The van der Waals surface area contributed by atoms with E-state index in [2.05, 4.69) is 21.2 Å². The Bertz CT molecular complexity index is 609. The highest BCUT2D eigenvalue weighted by Crippen LogP contribution is 2.20. The number of carboxylic acid groups (broad SMARTS) is 1. The molecule has 0 unspecified atom stereocenters. The second-order valence-corrected chi connectivity index (χ2v) is 5.43. The summed E-state index contributed by atoms with van der Waals surface area (Å²) in [6.45, 7) is 0. The quantitative estimate of drug-likeness (QED) is 0.908. The van der Waals surface area contributed by atoms with E-state index in [-0.39, 0.29) is 10.8 Å². The van der Waals surface area contributed by atoms with E-state index in [1.807, 2.05) is 6.07 Å². The minimum atomic E-state index is -1.03. The first-order valence-electron chi connectivity index (χ1n) is 4.96. The molecule has 4 nitrogen and oxygen atoms in total. The van der Waals surface area contributed by atoms with Crippen molar-refractivity contribution in [1.29, 1.82) is 0 Å². The van der Waals surface area contributed by atoms with E-state index in [1.54, 1.807) is 18.2 Å². The second-order valence-electron chi connectivity index (χ2n) is 3.43. The molecule has 1 aromatic heterocycles. The Labute approximate surface area is 115 Å². The van der Waals surface area contributed by atoms with Gasteiger partial charge in [-0.25, -0.2) is 4.79 Å². The van der Waals surface area contributed by atoms with Crippen molar-refractivity contribution >= 4 is 44.8 Å². The Balaban J connectivity index is 2.14. The molecule has 2 aromatic rings. The van der Waals surface area contributed by atoms with Gasteiger partial charge in [-0.1, -0.05) is 22.0 Å². The maximum atomic E-state index is 11.9. The zero-order chi connectivity index (χ0) is 13.1. The number of carbonyl (C=O) groups excluding carboxylic acids is 1. The lowest BCUT2D eigenvalue weighted by molar-refractivity contribution is 0.0702. The molecule has 2 N–H and O–H groups in total. The Hall–Kier alpha value is -1.66. The number of anilines is 1. The Kier molecular flexibility index (Phi) is 3.78. The van der Waals surface area contributed by atoms with Gasteiger partial charge in [-0.15, -0.1) is 11.3 Å². The minimum absolute atomic E-state index is 0.148. The highest BCUT2D eigenvalue weighted by atomic mass is 79.9. The van der Waals surface area contributed by atoms with Crippen LogP contribution in [0, 0.1) is 0 Å². The van der Waals surface area contributed by atoms with Crippen LogP contribution in [-0.2, 0) is 0 Å². The Morgan fingerprint density at radius 2 is 1.89 bits per heavy atom. The van der Waals surface area contributed by atoms with Crippen LogP contribution in [0.5, 0.6) is 0 Å². The lowest BCUT2D eigenvalue weighted by Crippen LogP contribution is -2.09. The van der Waals surface area contributed by atoms with Crippen molar-refractivity contribution in [2.45, 2.75) is 0 Å². The fraction of sp³-hybridized carbons (Fsp3) is 0. The molecule has 1 aromatic carbocycles. The van der Waals surface area contributed by atoms with Gasteiger partial charge in [-0.2, -0.15) is 0 Å². The molecule has 0 saturated heterocycles. The van der Waals surface area contributed by atoms with Gasteiger partial charge in [0.05, 0.1) is 4.88 Å². The fourth-order valence-corrected chi connectivity index (χ4v) is 2.47. The van der Waals surface area contributed by atoms with E-state index >= 15 is 0 Å². The van der Waals surface area contributed by atoms with E-state index in [1.165, 1.54) is 12.1 Å². The normalized spacial score (nSPS) is 10.1. The largest absolute Gasteiger partial charge is 0.477 e. The van der Waals surface area contributed by atoms with E-state index in [0.29, 0.717) is 10.6 Å². The van der Waals surface area contributed by atoms with Crippen LogP contribution >= 0.6 is 27.3 Å². The third-order valence-corrected chi connectivity index (χ3v) is 3.69. The first-order chi connectivity index (χ1) is 8.56. The van der Waals surface area contributed by atoms with Gasteiger partial charge in [0.25, 0.3) is 5.91 Å².